The van der Waals surface area contributed by atoms with Gasteiger partial charge in [0.25, 0.3) is 11.8 Å². The number of halogens is 3. The van der Waals surface area contributed by atoms with Gasteiger partial charge in [-0.15, -0.1) is 10.2 Å². The molecule has 0 spiro atoms. The van der Waals surface area contributed by atoms with E-state index in [-0.39, 0.29) is 40.9 Å². The summed E-state index contributed by atoms with van der Waals surface area (Å²) in [4.78, 5) is 26.5. The van der Waals surface area contributed by atoms with Crippen LogP contribution in [-0.2, 0) is 12.7 Å². The zero-order valence-electron chi connectivity index (χ0n) is 20.4. The average Bonchev–Trinajstić information content (AvgIpc) is 3.49. The van der Waals surface area contributed by atoms with Crippen LogP contribution in [0.3, 0.4) is 0 Å². The molecule has 0 atom stereocenters. The standard InChI is InChI=1S/C25H20F3N9O2/c1-13-8-14(11-29)9-19(22(30)38)21(13)31-24(39)20-10-17(33-37(20)18-6-7-18)12-36-34-23(32-35-36)15-2-4-16(5-3-15)25(26,27)28/h2-5,8-10,18H,6-7,12H2,1H3,(H2,30,38)(H,31,39). The van der Waals surface area contributed by atoms with Crippen molar-refractivity contribution in [3.63, 3.8) is 0 Å². The van der Waals surface area contributed by atoms with Gasteiger partial charge in [-0.2, -0.15) is 28.3 Å². The molecule has 2 aromatic heterocycles. The Morgan fingerprint density at radius 1 is 1.15 bits per heavy atom. The lowest BCUT2D eigenvalue weighted by Gasteiger charge is -2.13. The van der Waals surface area contributed by atoms with Crippen LogP contribution in [0, 0.1) is 18.3 Å². The van der Waals surface area contributed by atoms with Crippen LogP contribution in [0.5, 0.6) is 0 Å². The molecule has 1 fully saturated rings. The quantitative estimate of drug-likeness (QED) is 0.367. The van der Waals surface area contributed by atoms with Gasteiger partial charge in [0.1, 0.15) is 12.2 Å². The largest absolute Gasteiger partial charge is 0.416 e. The summed E-state index contributed by atoms with van der Waals surface area (Å²) in [6.07, 6.45) is -2.78. The number of carbonyl (C=O) groups excluding carboxylic acids is 2. The highest BCUT2D eigenvalue weighted by atomic mass is 19.4. The highest BCUT2D eigenvalue weighted by molar-refractivity contribution is 6.09. The number of anilines is 1. The van der Waals surface area contributed by atoms with E-state index >= 15 is 0 Å². The molecule has 2 amide bonds. The van der Waals surface area contributed by atoms with E-state index in [0.717, 1.165) is 25.0 Å². The molecule has 1 aliphatic rings. The Balaban J connectivity index is 1.38. The van der Waals surface area contributed by atoms with Gasteiger partial charge in [-0.1, -0.05) is 12.1 Å². The van der Waals surface area contributed by atoms with E-state index in [2.05, 4.69) is 25.8 Å². The number of nitrogens with one attached hydrogen (secondary N) is 1. The number of nitrogens with two attached hydrogens (primary N) is 1. The van der Waals surface area contributed by atoms with Crippen LogP contribution >= 0.6 is 0 Å². The number of alkyl halides is 3. The third-order valence-corrected chi connectivity index (χ3v) is 6.11. The molecule has 2 aromatic carbocycles. The molecule has 0 saturated heterocycles. The maximum absolute atomic E-state index is 13.3. The van der Waals surface area contributed by atoms with E-state index in [0.29, 0.717) is 16.8 Å². The average molecular weight is 535 g/mol. The van der Waals surface area contributed by atoms with Crippen LogP contribution in [0.1, 0.15) is 62.1 Å². The minimum Gasteiger partial charge on any atom is -0.366 e. The number of nitrogens with zero attached hydrogens (tertiary/aromatic N) is 7. The summed E-state index contributed by atoms with van der Waals surface area (Å²) in [6.45, 7) is 1.70. The third kappa shape index (κ3) is 5.33. The molecule has 5 rings (SSSR count). The van der Waals surface area contributed by atoms with E-state index < -0.39 is 23.6 Å². The fraction of sp³-hybridized carbons (Fsp3) is 0.240. The Bertz CT molecular complexity index is 1630. The normalized spacial score (nSPS) is 13.2. The number of aromatic nitrogens is 6. The number of nitriles is 1. The van der Waals surface area contributed by atoms with Gasteiger partial charge in [-0.3, -0.25) is 14.3 Å². The van der Waals surface area contributed by atoms with E-state index in [4.69, 9.17) is 5.73 Å². The van der Waals surface area contributed by atoms with Gasteiger partial charge in [0.2, 0.25) is 5.82 Å². The SMILES string of the molecule is Cc1cc(C#N)cc(C(N)=O)c1NC(=O)c1cc(Cn2nnc(-c3ccc(C(F)(F)F)cc3)n2)nn1C1CC1. The van der Waals surface area contributed by atoms with Gasteiger partial charge in [-0.25, -0.2) is 0 Å². The minimum atomic E-state index is -4.45. The number of aryl methyl sites for hydroxylation is 1. The number of tetrazole rings is 1. The molecule has 11 nitrogen and oxygen atoms in total. The predicted octanol–water partition coefficient (Wildman–Crippen LogP) is 3.47. The summed E-state index contributed by atoms with van der Waals surface area (Å²) in [5.74, 6) is -1.17. The number of benzene rings is 2. The molecule has 198 valence electrons. The van der Waals surface area contributed by atoms with Crippen LogP contribution < -0.4 is 11.1 Å². The zero-order chi connectivity index (χ0) is 27.9. The second kappa shape index (κ2) is 9.67. The van der Waals surface area contributed by atoms with Gasteiger partial charge in [-0.05, 0) is 60.9 Å². The molecule has 0 unspecified atom stereocenters. The summed E-state index contributed by atoms with van der Waals surface area (Å²) in [7, 11) is 0. The maximum atomic E-state index is 13.3. The summed E-state index contributed by atoms with van der Waals surface area (Å²) < 4.78 is 40.1. The van der Waals surface area contributed by atoms with Crippen molar-refractivity contribution in [3.05, 3.63) is 76.1 Å². The fourth-order valence-electron chi connectivity index (χ4n) is 4.06. The van der Waals surface area contributed by atoms with Crippen molar-refractivity contribution in [1.29, 1.82) is 5.26 Å². The molecule has 39 heavy (non-hydrogen) atoms. The Morgan fingerprint density at radius 3 is 2.49 bits per heavy atom. The molecule has 1 aliphatic carbocycles. The molecule has 14 heteroatoms. The van der Waals surface area contributed by atoms with Crippen LogP contribution in [0.15, 0.2) is 42.5 Å². The fourth-order valence-corrected chi connectivity index (χ4v) is 4.06. The smallest absolute Gasteiger partial charge is 0.366 e. The molecule has 0 aliphatic heterocycles. The second-order valence-corrected chi connectivity index (χ2v) is 9.06. The lowest BCUT2D eigenvalue weighted by Crippen LogP contribution is -2.21. The number of hydrogen-bond donors (Lipinski definition) is 2. The summed E-state index contributed by atoms with van der Waals surface area (Å²) in [5, 5.41) is 28.5. The molecule has 4 aromatic rings. The van der Waals surface area contributed by atoms with Crippen molar-refractivity contribution in [1.82, 2.24) is 30.0 Å². The number of primary amides is 1. The van der Waals surface area contributed by atoms with Crippen LogP contribution in [-0.4, -0.2) is 41.8 Å². The highest BCUT2D eigenvalue weighted by Crippen LogP contribution is 2.36. The Hall–Kier alpha value is -5.06. The van der Waals surface area contributed by atoms with Crippen molar-refractivity contribution < 1.29 is 22.8 Å². The van der Waals surface area contributed by atoms with E-state index in [1.54, 1.807) is 17.7 Å². The minimum absolute atomic E-state index is 0.0141. The van der Waals surface area contributed by atoms with Crippen molar-refractivity contribution >= 4 is 17.5 Å². The first-order chi connectivity index (χ1) is 18.5. The number of rotatable bonds is 7. The Labute approximate surface area is 219 Å². The predicted molar refractivity (Wildman–Crippen MR) is 130 cm³/mol. The van der Waals surface area contributed by atoms with Crippen molar-refractivity contribution in [2.75, 3.05) is 5.32 Å². The van der Waals surface area contributed by atoms with E-state index in [1.165, 1.54) is 29.1 Å². The van der Waals surface area contributed by atoms with Gasteiger partial charge in [0, 0.05) is 5.56 Å². The van der Waals surface area contributed by atoms with Crippen LogP contribution in [0.4, 0.5) is 18.9 Å². The van der Waals surface area contributed by atoms with Crippen LogP contribution in [0.2, 0.25) is 0 Å². The zero-order valence-corrected chi connectivity index (χ0v) is 20.4. The first kappa shape index (κ1) is 25.6. The van der Waals surface area contributed by atoms with Crippen LogP contribution in [0.25, 0.3) is 11.4 Å². The van der Waals surface area contributed by atoms with Gasteiger partial charge < -0.3 is 11.1 Å². The topological polar surface area (TPSA) is 157 Å². The lowest BCUT2D eigenvalue weighted by molar-refractivity contribution is -0.137. The molecule has 0 radical (unpaired) electrons. The molecular weight excluding hydrogens is 515 g/mol. The van der Waals surface area contributed by atoms with Crippen molar-refractivity contribution in [3.8, 4) is 17.5 Å². The van der Waals surface area contributed by atoms with E-state index in [1.807, 2.05) is 6.07 Å². The molecule has 1 saturated carbocycles. The molecule has 0 bridgehead atoms. The van der Waals surface area contributed by atoms with Gasteiger partial charge in [0.15, 0.2) is 0 Å². The summed E-state index contributed by atoms with van der Waals surface area (Å²) >= 11 is 0. The third-order valence-electron chi connectivity index (χ3n) is 6.11. The lowest BCUT2D eigenvalue weighted by atomic mass is 10.0. The highest BCUT2D eigenvalue weighted by Gasteiger charge is 2.31. The van der Waals surface area contributed by atoms with Crippen molar-refractivity contribution in [2.45, 2.75) is 38.5 Å². The monoisotopic (exact) mass is 535 g/mol. The van der Waals surface area contributed by atoms with E-state index in [9.17, 15) is 28.0 Å². The number of amides is 2. The second-order valence-electron chi connectivity index (χ2n) is 9.06. The Morgan fingerprint density at radius 2 is 1.87 bits per heavy atom. The first-order valence-electron chi connectivity index (χ1n) is 11.7. The molecule has 3 N–H and O–H groups in total. The molecular formula is C25H20F3N9O2. The van der Waals surface area contributed by atoms with Gasteiger partial charge in [0.05, 0.1) is 40.2 Å². The van der Waals surface area contributed by atoms with Gasteiger partial charge >= 0.3 is 6.18 Å². The first-order valence-corrected chi connectivity index (χ1v) is 11.7. The summed E-state index contributed by atoms with van der Waals surface area (Å²) in [6, 6.07) is 10.8. The number of carbonyl (C=O) groups is 2. The Kier molecular flexibility index (Phi) is 6.35. The molecule has 2 heterocycles. The van der Waals surface area contributed by atoms with Crippen molar-refractivity contribution in [2.24, 2.45) is 5.73 Å². The summed E-state index contributed by atoms with van der Waals surface area (Å²) in [5.41, 5.74) is 6.71. The number of hydrogen-bond acceptors (Lipinski definition) is 7. The maximum Gasteiger partial charge on any atom is 0.416 e.